The highest BCUT2D eigenvalue weighted by molar-refractivity contribution is 7.15. The maximum absolute atomic E-state index is 13.0. The Morgan fingerprint density at radius 3 is 2.94 bits per heavy atom. The van der Waals surface area contributed by atoms with Crippen molar-refractivity contribution in [1.29, 1.82) is 0 Å². The summed E-state index contributed by atoms with van der Waals surface area (Å²) in [4.78, 5) is 21.5. The van der Waals surface area contributed by atoms with Crippen LogP contribution in [0.2, 0.25) is 0 Å². The average Bonchev–Trinajstić information content (AvgIpc) is 3.20. The minimum atomic E-state index is -0.502. The predicted octanol–water partition coefficient (Wildman–Crippen LogP) is 2.88. The van der Waals surface area contributed by atoms with E-state index in [0.29, 0.717) is 13.1 Å². The van der Waals surface area contributed by atoms with Crippen LogP contribution in [0.25, 0.3) is 0 Å². The first-order chi connectivity index (χ1) is 15.8. The fourth-order valence-electron chi connectivity index (χ4n) is 6.30. The van der Waals surface area contributed by atoms with Crippen LogP contribution in [0.1, 0.15) is 50.1 Å². The van der Waals surface area contributed by atoms with Gasteiger partial charge in [0.05, 0.1) is 25.0 Å². The molecule has 1 saturated carbocycles. The lowest BCUT2D eigenvalue weighted by molar-refractivity contribution is -0.134. The molecule has 8 heteroatoms. The minimum Gasteiger partial charge on any atom is -0.392 e. The quantitative estimate of drug-likeness (QED) is 0.500. The summed E-state index contributed by atoms with van der Waals surface area (Å²) in [6.45, 7) is 15.9. The number of rotatable bonds is 8. The molecule has 2 aliphatic carbocycles. The molecule has 1 amide bonds. The maximum atomic E-state index is 13.0. The molecule has 1 aromatic heterocycles. The van der Waals surface area contributed by atoms with Crippen LogP contribution in [-0.4, -0.2) is 72.9 Å². The molecule has 184 valence electrons. The predicted molar refractivity (Wildman–Crippen MR) is 133 cm³/mol. The molecular formula is C25H40N4O3S. The van der Waals surface area contributed by atoms with Crippen molar-refractivity contribution in [2.75, 3.05) is 51.3 Å². The molecule has 0 aromatic carbocycles. The summed E-state index contributed by atoms with van der Waals surface area (Å²) in [5.74, 6) is 0.116. The van der Waals surface area contributed by atoms with Crippen LogP contribution in [0, 0.1) is 23.2 Å². The number of hydrogen-bond donors (Lipinski definition) is 3. The van der Waals surface area contributed by atoms with E-state index in [0.717, 1.165) is 62.9 Å². The van der Waals surface area contributed by atoms with E-state index < -0.39 is 6.10 Å². The third-order valence-electron chi connectivity index (χ3n) is 8.21. The molecule has 1 aliphatic heterocycles. The zero-order valence-electron chi connectivity index (χ0n) is 20.3. The number of carbonyl (C=O) groups is 1. The number of fused-ring (bicyclic) bond motifs is 2. The Labute approximate surface area is 202 Å². The van der Waals surface area contributed by atoms with Gasteiger partial charge in [0.2, 0.25) is 5.91 Å². The van der Waals surface area contributed by atoms with Crippen LogP contribution in [-0.2, 0) is 16.0 Å². The van der Waals surface area contributed by atoms with Crippen molar-refractivity contribution in [3.8, 4) is 0 Å². The van der Waals surface area contributed by atoms with Gasteiger partial charge >= 0.3 is 0 Å². The van der Waals surface area contributed by atoms with E-state index in [2.05, 4.69) is 36.0 Å². The number of carbonyl (C=O) groups excluding carboxylic acids is 1. The Kier molecular flexibility index (Phi) is 7.78. The largest absolute Gasteiger partial charge is 0.392 e. The molecular weight excluding hydrogens is 436 g/mol. The molecule has 6 atom stereocenters. The standard InChI is InChI=1S/C25H40N4O3S/c1-5-8-27-24-28-21-17(3)20-22(30)18(6-7-25(20,4)15-19(21)33-24)16(2)23(31)26-9-10-29-11-13-32-14-12-29/h5,16-18,20,22,30H,1,6-15H2,2-4H3,(H,26,31)(H,27,28). The summed E-state index contributed by atoms with van der Waals surface area (Å²) in [5, 5.41) is 18.9. The number of ether oxygens (including phenoxy) is 1. The van der Waals surface area contributed by atoms with Crippen LogP contribution >= 0.6 is 11.3 Å². The first kappa shape index (κ1) is 24.6. The highest BCUT2D eigenvalue weighted by Crippen LogP contribution is 2.57. The molecule has 4 rings (SSSR count). The van der Waals surface area contributed by atoms with E-state index in [4.69, 9.17) is 9.72 Å². The van der Waals surface area contributed by atoms with Gasteiger partial charge < -0.3 is 20.5 Å². The molecule has 0 spiro atoms. The number of aliphatic hydroxyl groups excluding tert-OH is 1. The van der Waals surface area contributed by atoms with Gasteiger partial charge in [-0.2, -0.15) is 0 Å². The topological polar surface area (TPSA) is 86.7 Å². The monoisotopic (exact) mass is 476 g/mol. The normalized spacial score (nSPS) is 33.0. The van der Waals surface area contributed by atoms with Crippen LogP contribution in [0.3, 0.4) is 0 Å². The Bertz CT molecular complexity index is 840. The number of amides is 1. The Morgan fingerprint density at radius 1 is 1.45 bits per heavy atom. The van der Waals surface area contributed by atoms with Crippen molar-refractivity contribution in [2.24, 2.45) is 23.2 Å². The lowest BCUT2D eigenvalue weighted by atomic mass is 9.53. The number of thiazole rings is 1. The lowest BCUT2D eigenvalue weighted by Crippen LogP contribution is -2.53. The van der Waals surface area contributed by atoms with Crippen LogP contribution < -0.4 is 10.6 Å². The second kappa shape index (κ2) is 10.4. The first-order valence-electron chi connectivity index (χ1n) is 12.4. The van der Waals surface area contributed by atoms with Gasteiger partial charge in [-0.15, -0.1) is 17.9 Å². The molecule has 0 bridgehead atoms. The van der Waals surface area contributed by atoms with Gasteiger partial charge in [-0.05, 0) is 36.5 Å². The molecule has 0 radical (unpaired) electrons. The molecule has 2 fully saturated rings. The molecule has 1 aromatic rings. The van der Waals surface area contributed by atoms with Gasteiger partial charge in [0.1, 0.15) is 0 Å². The Balaban J connectivity index is 1.39. The first-order valence-corrected chi connectivity index (χ1v) is 13.3. The lowest BCUT2D eigenvalue weighted by Gasteiger charge is -2.53. The van der Waals surface area contributed by atoms with Crippen molar-refractivity contribution in [3.63, 3.8) is 0 Å². The summed E-state index contributed by atoms with van der Waals surface area (Å²) in [6, 6.07) is 0. The van der Waals surface area contributed by atoms with Crippen LogP contribution in [0.5, 0.6) is 0 Å². The van der Waals surface area contributed by atoms with E-state index in [-0.39, 0.29) is 35.0 Å². The van der Waals surface area contributed by atoms with E-state index in [1.807, 2.05) is 13.0 Å². The highest BCUT2D eigenvalue weighted by Gasteiger charge is 2.53. The van der Waals surface area contributed by atoms with Crippen molar-refractivity contribution < 1.29 is 14.6 Å². The Hall–Kier alpha value is -1.48. The summed E-state index contributed by atoms with van der Waals surface area (Å²) in [7, 11) is 0. The molecule has 3 aliphatic rings. The number of hydrogen-bond acceptors (Lipinski definition) is 7. The molecule has 2 heterocycles. The zero-order valence-corrected chi connectivity index (χ0v) is 21.1. The van der Waals surface area contributed by atoms with Crippen LogP contribution in [0.4, 0.5) is 5.13 Å². The van der Waals surface area contributed by atoms with Crippen LogP contribution in [0.15, 0.2) is 12.7 Å². The Morgan fingerprint density at radius 2 is 2.21 bits per heavy atom. The minimum absolute atomic E-state index is 0.0209. The number of nitrogens with one attached hydrogen (secondary N) is 2. The van der Waals surface area contributed by atoms with E-state index >= 15 is 0 Å². The van der Waals surface area contributed by atoms with E-state index in [9.17, 15) is 9.90 Å². The highest BCUT2D eigenvalue weighted by atomic mass is 32.1. The number of aromatic nitrogens is 1. The van der Waals surface area contributed by atoms with Gasteiger partial charge in [0, 0.05) is 49.4 Å². The third-order valence-corrected chi connectivity index (χ3v) is 9.24. The third kappa shape index (κ3) is 5.14. The maximum Gasteiger partial charge on any atom is 0.223 e. The fraction of sp³-hybridized carbons (Fsp3) is 0.760. The van der Waals surface area contributed by atoms with Gasteiger partial charge in [-0.1, -0.05) is 26.8 Å². The number of anilines is 1. The van der Waals surface area contributed by atoms with E-state index in [1.54, 1.807) is 11.3 Å². The summed E-state index contributed by atoms with van der Waals surface area (Å²) >= 11 is 1.74. The number of morpholine rings is 1. The molecule has 3 N–H and O–H groups in total. The smallest absolute Gasteiger partial charge is 0.223 e. The van der Waals surface area contributed by atoms with Gasteiger partial charge in [0.15, 0.2) is 5.13 Å². The second-order valence-corrected chi connectivity index (χ2v) is 11.5. The van der Waals surface area contributed by atoms with Crippen molar-refractivity contribution in [2.45, 2.75) is 52.1 Å². The molecule has 6 unspecified atom stereocenters. The molecule has 1 saturated heterocycles. The van der Waals surface area contributed by atoms with Crippen molar-refractivity contribution in [1.82, 2.24) is 15.2 Å². The van der Waals surface area contributed by atoms with Gasteiger partial charge in [-0.25, -0.2) is 4.98 Å². The van der Waals surface area contributed by atoms with Crippen molar-refractivity contribution >= 4 is 22.4 Å². The van der Waals surface area contributed by atoms with Crippen molar-refractivity contribution in [3.05, 3.63) is 23.2 Å². The zero-order chi connectivity index (χ0) is 23.6. The summed E-state index contributed by atoms with van der Waals surface area (Å²) < 4.78 is 5.39. The number of aliphatic hydroxyl groups is 1. The van der Waals surface area contributed by atoms with Gasteiger partial charge in [-0.3, -0.25) is 9.69 Å². The average molecular weight is 477 g/mol. The number of nitrogens with zero attached hydrogens (tertiary/aromatic N) is 2. The second-order valence-electron chi connectivity index (χ2n) is 10.4. The van der Waals surface area contributed by atoms with E-state index in [1.165, 1.54) is 4.88 Å². The van der Waals surface area contributed by atoms with Gasteiger partial charge in [0.25, 0.3) is 0 Å². The summed E-state index contributed by atoms with van der Waals surface area (Å²) in [5.41, 5.74) is 1.16. The summed E-state index contributed by atoms with van der Waals surface area (Å²) in [6.07, 6.45) is 4.20. The molecule has 7 nitrogen and oxygen atoms in total. The SMILES string of the molecule is C=CCNc1nc2c(s1)CC1(C)CCC(C(C)C(=O)NCCN3CCOCC3)C(O)C1C2C. The molecule has 33 heavy (non-hydrogen) atoms. The fourth-order valence-corrected chi connectivity index (χ4v) is 7.57.